The van der Waals surface area contributed by atoms with Gasteiger partial charge < -0.3 is 9.84 Å². The van der Waals surface area contributed by atoms with Crippen LogP contribution in [0.3, 0.4) is 0 Å². The number of methoxy groups -OCH3 is 1. The van der Waals surface area contributed by atoms with Gasteiger partial charge in [0.1, 0.15) is 5.75 Å². The SMILES string of the molecule is COc1ccc(-c2cnc3ccccc3c2)cc1CC(=O)c1ccc(C(=O)O)cc1. The van der Waals surface area contributed by atoms with Crippen LogP contribution in [0.15, 0.2) is 79.0 Å². The van der Waals surface area contributed by atoms with Crippen molar-refractivity contribution in [3.8, 4) is 16.9 Å². The summed E-state index contributed by atoms with van der Waals surface area (Å²) in [4.78, 5) is 28.3. The summed E-state index contributed by atoms with van der Waals surface area (Å²) in [6.45, 7) is 0. The van der Waals surface area contributed by atoms with Crippen LogP contribution in [0.4, 0.5) is 0 Å². The van der Waals surface area contributed by atoms with E-state index in [1.54, 1.807) is 7.11 Å². The zero-order valence-corrected chi connectivity index (χ0v) is 16.3. The van der Waals surface area contributed by atoms with Crippen LogP contribution in [0.5, 0.6) is 5.75 Å². The van der Waals surface area contributed by atoms with Crippen LogP contribution in [0.1, 0.15) is 26.3 Å². The Morgan fingerprint density at radius 1 is 0.900 bits per heavy atom. The second-order valence-corrected chi connectivity index (χ2v) is 6.93. The third kappa shape index (κ3) is 3.91. The number of carboxylic acid groups (broad SMARTS) is 1. The topological polar surface area (TPSA) is 76.5 Å². The standard InChI is InChI=1S/C25H19NO4/c1-30-24-11-10-18(21-13-19-4-2-3-5-22(19)26-15-21)12-20(24)14-23(27)16-6-8-17(9-7-16)25(28)29/h2-13,15H,14H2,1H3,(H,28,29). The molecule has 5 heteroatoms. The van der Waals surface area contributed by atoms with Crippen LogP contribution in [0.2, 0.25) is 0 Å². The number of nitrogens with zero attached hydrogens (tertiary/aromatic N) is 1. The molecule has 148 valence electrons. The molecule has 0 amide bonds. The van der Waals surface area contributed by atoms with Gasteiger partial charge in [0.15, 0.2) is 5.78 Å². The molecule has 0 unspecified atom stereocenters. The number of pyridine rings is 1. The maximum Gasteiger partial charge on any atom is 0.335 e. The Bertz CT molecular complexity index is 1250. The fraction of sp³-hybridized carbons (Fsp3) is 0.0800. The van der Waals surface area contributed by atoms with Gasteiger partial charge in [-0.05, 0) is 42.0 Å². The second-order valence-electron chi connectivity index (χ2n) is 6.93. The highest BCUT2D eigenvalue weighted by Crippen LogP contribution is 2.29. The molecule has 4 aromatic rings. The van der Waals surface area contributed by atoms with Crippen molar-refractivity contribution in [2.45, 2.75) is 6.42 Å². The maximum atomic E-state index is 12.8. The first-order chi connectivity index (χ1) is 14.5. The monoisotopic (exact) mass is 397 g/mol. The smallest absolute Gasteiger partial charge is 0.335 e. The zero-order valence-electron chi connectivity index (χ0n) is 16.3. The summed E-state index contributed by atoms with van der Waals surface area (Å²) in [6.07, 6.45) is 1.96. The Morgan fingerprint density at radius 3 is 2.37 bits per heavy atom. The quantitative estimate of drug-likeness (QED) is 0.462. The first-order valence-corrected chi connectivity index (χ1v) is 9.44. The minimum absolute atomic E-state index is 0.112. The van der Waals surface area contributed by atoms with Gasteiger partial charge in [-0.15, -0.1) is 0 Å². The number of ether oxygens (including phenoxy) is 1. The van der Waals surface area contributed by atoms with Crippen molar-refractivity contribution in [1.82, 2.24) is 4.98 Å². The van der Waals surface area contributed by atoms with E-state index in [0.29, 0.717) is 11.3 Å². The molecule has 0 bridgehead atoms. The van der Waals surface area contributed by atoms with Crippen molar-refractivity contribution >= 4 is 22.7 Å². The van der Waals surface area contributed by atoms with Crippen LogP contribution in [0, 0.1) is 0 Å². The number of Topliss-reactive ketones (excluding diaryl/α,β-unsaturated/α-hetero) is 1. The number of aromatic carboxylic acids is 1. The van der Waals surface area contributed by atoms with Crippen LogP contribution < -0.4 is 4.74 Å². The summed E-state index contributed by atoms with van der Waals surface area (Å²) in [5.74, 6) is -0.505. The van der Waals surface area contributed by atoms with Gasteiger partial charge in [-0.1, -0.05) is 36.4 Å². The van der Waals surface area contributed by atoms with Crippen LogP contribution in [0.25, 0.3) is 22.0 Å². The van der Waals surface area contributed by atoms with Crippen LogP contribution in [-0.2, 0) is 6.42 Å². The summed E-state index contributed by atoms with van der Waals surface area (Å²) in [6, 6.07) is 21.7. The Kier molecular flexibility index (Phi) is 5.26. The first-order valence-electron chi connectivity index (χ1n) is 9.44. The predicted octanol–water partition coefficient (Wildman–Crippen LogP) is 5.03. The molecule has 3 aromatic carbocycles. The van der Waals surface area contributed by atoms with Crippen molar-refractivity contribution in [3.63, 3.8) is 0 Å². The number of rotatable bonds is 6. The number of hydrogen-bond acceptors (Lipinski definition) is 4. The summed E-state index contributed by atoms with van der Waals surface area (Å²) in [5, 5.41) is 10.1. The minimum Gasteiger partial charge on any atom is -0.496 e. The van der Waals surface area contributed by atoms with Gasteiger partial charge in [-0.25, -0.2) is 4.79 Å². The van der Waals surface area contributed by atoms with Crippen molar-refractivity contribution in [1.29, 1.82) is 0 Å². The van der Waals surface area contributed by atoms with Gasteiger partial charge in [0.25, 0.3) is 0 Å². The number of carboxylic acids is 1. The fourth-order valence-corrected chi connectivity index (χ4v) is 3.40. The molecule has 0 spiro atoms. The van der Waals surface area contributed by atoms with Crippen molar-refractivity contribution in [2.24, 2.45) is 0 Å². The van der Waals surface area contributed by atoms with Crippen LogP contribution in [-0.4, -0.2) is 29.0 Å². The van der Waals surface area contributed by atoms with E-state index in [9.17, 15) is 9.59 Å². The number of ketones is 1. The number of aromatic nitrogens is 1. The molecule has 1 N–H and O–H groups in total. The second kappa shape index (κ2) is 8.17. The summed E-state index contributed by atoms with van der Waals surface area (Å²) >= 11 is 0. The lowest BCUT2D eigenvalue weighted by Gasteiger charge is -2.11. The van der Waals surface area contributed by atoms with E-state index in [4.69, 9.17) is 9.84 Å². The minimum atomic E-state index is -1.02. The maximum absolute atomic E-state index is 12.8. The van der Waals surface area contributed by atoms with Gasteiger partial charge in [-0.2, -0.15) is 0 Å². The third-order valence-corrected chi connectivity index (χ3v) is 5.01. The van der Waals surface area contributed by atoms with Crippen molar-refractivity contribution in [2.75, 3.05) is 7.11 Å². The van der Waals surface area contributed by atoms with E-state index < -0.39 is 5.97 Å². The normalized spacial score (nSPS) is 10.7. The number of carbonyl (C=O) groups is 2. The average Bonchev–Trinajstić information content (AvgIpc) is 2.78. The molecule has 0 radical (unpaired) electrons. The summed E-state index contributed by atoms with van der Waals surface area (Å²) < 4.78 is 5.45. The lowest BCUT2D eigenvalue weighted by atomic mass is 9.97. The highest BCUT2D eigenvalue weighted by atomic mass is 16.5. The molecule has 4 rings (SSSR count). The van der Waals surface area contributed by atoms with Gasteiger partial charge >= 0.3 is 5.97 Å². The zero-order chi connectivity index (χ0) is 21.1. The molecular weight excluding hydrogens is 378 g/mol. The first kappa shape index (κ1) is 19.3. The average molecular weight is 397 g/mol. The predicted molar refractivity (Wildman–Crippen MR) is 115 cm³/mol. The summed E-state index contributed by atoms with van der Waals surface area (Å²) in [5.41, 5.74) is 4.19. The molecule has 0 aliphatic rings. The van der Waals surface area contributed by atoms with Crippen LogP contribution >= 0.6 is 0 Å². The molecular formula is C25H19NO4. The molecule has 0 atom stereocenters. The molecule has 0 aliphatic carbocycles. The van der Waals surface area contributed by atoms with Gasteiger partial charge in [0.2, 0.25) is 0 Å². The van der Waals surface area contributed by atoms with E-state index in [0.717, 1.165) is 27.6 Å². The Hall–Kier alpha value is -3.99. The molecule has 5 nitrogen and oxygen atoms in total. The van der Waals surface area contributed by atoms with Crippen molar-refractivity contribution < 1.29 is 19.4 Å². The molecule has 0 saturated carbocycles. The lowest BCUT2D eigenvalue weighted by molar-refractivity contribution is 0.0696. The van der Waals surface area contributed by atoms with Gasteiger partial charge in [0.05, 0.1) is 18.2 Å². The molecule has 0 fully saturated rings. The Labute approximate surface area is 173 Å². The van der Waals surface area contributed by atoms with Gasteiger partial charge in [-0.3, -0.25) is 9.78 Å². The highest BCUT2D eigenvalue weighted by Gasteiger charge is 2.14. The van der Waals surface area contributed by atoms with E-state index in [2.05, 4.69) is 11.1 Å². The largest absolute Gasteiger partial charge is 0.496 e. The van der Waals surface area contributed by atoms with E-state index in [1.165, 1.54) is 24.3 Å². The third-order valence-electron chi connectivity index (χ3n) is 5.01. The highest BCUT2D eigenvalue weighted by molar-refractivity contribution is 5.99. The van der Waals surface area contributed by atoms with E-state index in [-0.39, 0.29) is 17.8 Å². The number of carbonyl (C=O) groups excluding carboxylic acids is 1. The molecule has 1 aromatic heterocycles. The Morgan fingerprint density at radius 2 is 1.63 bits per heavy atom. The lowest BCUT2D eigenvalue weighted by Crippen LogP contribution is -2.06. The molecule has 30 heavy (non-hydrogen) atoms. The number of fused-ring (bicyclic) bond motifs is 1. The van der Waals surface area contributed by atoms with E-state index in [1.807, 2.05) is 48.7 Å². The van der Waals surface area contributed by atoms with Gasteiger partial charge in [0, 0.05) is 34.7 Å². The molecule has 0 saturated heterocycles. The number of benzene rings is 3. The number of para-hydroxylation sites is 1. The molecule has 0 aliphatic heterocycles. The number of hydrogen-bond donors (Lipinski definition) is 1. The molecule has 1 heterocycles. The fourth-order valence-electron chi connectivity index (χ4n) is 3.40. The van der Waals surface area contributed by atoms with E-state index >= 15 is 0 Å². The Balaban J connectivity index is 1.65. The summed E-state index contributed by atoms with van der Waals surface area (Å²) in [7, 11) is 1.57. The van der Waals surface area contributed by atoms with Crippen molar-refractivity contribution in [3.05, 3.63) is 95.7 Å².